The van der Waals surface area contributed by atoms with Gasteiger partial charge in [0.1, 0.15) is 0 Å². The van der Waals surface area contributed by atoms with E-state index in [1.54, 1.807) is 11.1 Å². The van der Waals surface area contributed by atoms with E-state index in [0.29, 0.717) is 11.1 Å². The second-order valence-electron chi connectivity index (χ2n) is 7.23. The standard InChI is InChI=1S/C21H22Si/c1-15-12-13-18-17-10-6-7-11-19(17)21(20(18)14-15)22(2,3)16-8-4-5-9-16/h4-14,16,21H,1-3H3. The molecule has 0 aliphatic heterocycles. The van der Waals surface area contributed by atoms with Crippen molar-refractivity contribution in [3.63, 3.8) is 0 Å². The molecule has 0 nitrogen and oxygen atoms in total. The highest BCUT2D eigenvalue weighted by Crippen LogP contribution is 2.52. The summed E-state index contributed by atoms with van der Waals surface area (Å²) in [6.45, 7) is 7.32. The summed E-state index contributed by atoms with van der Waals surface area (Å²) in [6, 6.07) is 16.0. The van der Waals surface area contributed by atoms with Crippen molar-refractivity contribution in [2.24, 2.45) is 0 Å². The van der Waals surface area contributed by atoms with Crippen LogP contribution in [-0.4, -0.2) is 8.07 Å². The third-order valence-corrected chi connectivity index (χ3v) is 9.64. The Balaban J connectivity index is 1.94. The summed E-state index contributed by atoms with van der Waals surface area (Å²) in [5, 5.41) is 0. The molecule has 2 aliphatic carbocycles. The molecule has 0 N–H and O–H groups in total. The zero-order valence-corrected chi connectivity index (χ0v) is 14.5. The van der Waals surface area contributed by atoms with Crippen LogP contribution >= 0.6 is 0 Å². The molecule has 0 bridgehead atoms. The van der Waals surface area contributed by atoms with Crippen LogP contribution in [0.25, 0.3) is 11.1 Å². The number of fused-ring (bicyclic) bond motifs is 3. The number of allylic oxidation sites excluding steroid dienone is 4. The SMILES string of the molecule is Cc1ccc2c(c1)C([Si](C)(C)C1C=CC=C1)c1ccccc1-2. The normalized spacial score (nSPS) is 19.5. The molecule has 0 radical (unpaired) electrons. The molecule has 1 unspecified atom stereocenters. The van der Waals surface area contributed by atoms with Gasteiger partial charge in [0.05, 0.1) is 8.07 Å². The first-order valence-electron chi connectivity index (χ1n) is 8.14. The first-order valence-corrected chi connectivity index (χ1v) is 11.3. The number of rotatable bonds is 2. The van der Waals surface area contributed by atoms with Gasteiger partial charge in [0.25, 0.3) is 0 Å². The summed E-state index contributed by atoms with van der Waals surface area (Å²) in [5.41, 5.74) is 8.62. The summed E-state index contributed by atoms with van der Waals surface area (Å²) in [5.74, 6) is 0. The highest BCUT2D eigenvalue weighted by Gasteiger charge is 2.44. The number of benzene rings is 2. The van der Waals surface area contributed by atoms with Crippen LogP contribution in [0.2, 0.25) is 18.6 Å². The lowest BCUT2D eigenvalue weighted by Crippen LogP contribution is -2.38. The van der Waals surface area contributed by atoms with Crippen LogP contribution < -0.4 is 0 Å². The van der Waals surface area contributed by atoms with Crippen molar-refractivity contribution in [1.82, 2.24) is 0 Å². The third-order valence-electron chi connectivity index (χ3n) is 5.43. The van der Waals surface area contributed by atoms with Crippen molar-refractivity contribution in [1.29, 1.82) is 0 Å². The third kappa shape index (κ3) is 1.89. The maximum atomic E-state index is 2.55. The summed E-state index contributed by atoms with van der Waals surface area (Å²) >= 11 is 0. The lowest BCUT2D eigenvalue weighted by molar-refractivity contribution is 1.06. The number of hydrogen-bond donors (Lipinski definition) is 0. The summed E-state index contributed by atoms with van der Waals surface area (Å²) < 4.78 is 0. The minimum Gasteiger partial charge on any atom is -0.0803 e. The second-order valence-corrected chi connectivity index (χ2v) is 12.1. The zero-order chi connectivity index (χ0) is 15.3. The zero-order valence-electron chi connectivity index (χ0n) is 13.5. The Morgan fingerprint density at radius 3 is 2.27 bits per heavy atom. The van der Waals surface area contributed by atoms with Crippen LogP contribution in [0.3, 0.4) is 0 Å². The van der Waals surface area contributed by atoms with E-state index in [1.807, 2.05) is 0 Å². The fourth-order valence-electron chi connectivity index (χ4n) is 4.25. The van der Waals surface area contributed by atoms with Crippen LogP contribution in [0.1, 0.15) is 22.2 Å². The minimum absolute atomic E-state index is 0.594. The molecule has 4 rings (SSSR count). The molecule has 0 spiro atoms. The van der Waals surface area contributed by atoms with Crippen molar-refractivity contribution in [2.75, 3.05) is 0 Å². The van der Waals surface area contributed by atoms with Gasteiger partial charge in [-0.1, -0.05) is 85.4 Å². The smallest absolute Gasteiger partial charge is 0.0715 e. The Morgan fingerprint density at radius 1 is 0.818 bits per heavy atom. The molecule has 1 atom stereocenters. The number of hydrogen-bond acceptors (Lipinski definition) is 0. The molecule has 1 heteroatoms. The van der Waals surface area contributed by atoms with Crippen molar-refractivity contribution < 1.29 is 0 Å². The molecule has 110 valence electrons. The monoisotopic (exact) mass is 302 g/mol. The maximum Gasteiger partial charge on any atom is 0.0715 e. The Labute approximate surface area is 134 Å². The van der Waals surface area contributed by atoms with E-state index in [9.17, 15) is 0 Å². The molecule has 2 aliphatic rings. The topological polar surface area (TPSA) is 0 Å². The summed E-state index contributed by atoms with van der Waals surface area (Å²) in [4.78, 5) is 0. The lowest BCUT2D eigenvalue weighted by atomic mass is 10.0. The number of aryl methyl sites for hydroxylation is 1. The fourth-order valence-corrected chi connectivity index (χ4v) is 7.94. The highest BCUT2D eigenvalue weighted by molar-refractivity contribution is 6.82. The van der Waals surface area contributed by atoms with E-state index >= 15 is 0 Å². The van der Waals surface area contributed by atoms with Gasteiger partial charge in [-0.2, -0.15) is 0 Å². The Kier molecular flexibility index (Phi) is 3.02. The second kappa shape index (κ2) is 4.82. The van der Waals surface area contributed by atoms with Crippen LogP contribution in [0.15, 0.2) is 66.8 Å². The first kappa shape index (κ1) is 13.8. The van der Waals surface area contributed by atoms with E-state index in [0.717, 1.165) is 0 Å². The first-order chi connectivity index (χ1) is 10.6. The Bertz CT molecular complexity index is 783. The summed E-state index contributed by atoms with van der Waals surface area (Å²) in [6.07, 6.45) is 9.25. The largest absolute Gasteiger partial charge is 0.0803 e. The quantitative estimate of drug-likeness (QED) is 0.610. The van der Waals surface area contributed by atoms with Crippen LogP contribution in [0, 0.1) is 6.92 Å². The van der Waals surface area contributed by atoms with Gasteiger partial charge in [-0.15, -0.1) is 0 Å². The Morgan fingerprint density at radius 2 is 1.50 bits per heavy atom. The fraction of sp³-hybridized carbons (Fsp3) is 0.238. The van der Waals surface area contributed by atoms with E-state index in [-0.39, 0.29) is 0 Å². The van der Waals surface area contributed by atoms with Crippen molar-refractivity contribution in [3.05, 3.63) is 83.5 Å². The van der Waals surface area contributed by atoms with E-state index in [4.69, 9.17) is 0 Å². The van der Waals surface area contributed by atoms with E-state index in [1.165, 1.54) is 16.7 Å². The van der Waals surface area contributed by atoms with E-state index in [2.05, 4.69) is 86.8 Å². The van der Waals surface area contributed by atoms with E-state index < -0.39 is 8.07 Å². The highest BCUT2D eigenvalue weighted by atomic mass is 28.3. The van der Waals surface area contributed by atoms with Crippen LogP contribution in [0.5, 0.6) is 0 Å². The van der Waals surface area contributed by atoms with Crippen molar-refractivity contribution >= 4 is 8.07 Å². The van der Waals surface area contributed by atoms with Crippen molar-refractivity contribution in [2.45, 2.75) is 31.1 Å². The van der Waals surface area contributed by atoms with Gasteiger partial charge in [-0.25, -0.2) is 0 Å². The molecule has 0 fully saturated rings. The van der Waals surface area contributed by atoms with Gasteiger partial charge in [-0.3, -0.25) is 0 Å². The van der Waals surface area contributed by atoms with Gasteiger partial charge < -0.3 is 0 Å². The molecule has 0 amide bonds. The average Bonchev–Trinajstić information content (AvgIpc) is 3.13. The molecular formula is C21H22Si. The molecule has 2 aromatic rings. The van der Waals surface area contributed by atoms with Crippen LogP contribution in [-0.2, 0) is 0 Å². The molecule has 0 saturated heterocycles. The van der Waals surface area contributed by atoms with Crippen LogP contribution in [0.4, 0.5) is 0 Å². The lowest BCUT2D eigenvalue weighted by Gasteiger charge is -2.35. The van der Waals surface area contributed by atoms with Gasteiger partial charge >= 0.3 is 0 Å². The molecule has 0 heterocycles. The van der Waals surface area contributed by atoms with Gasteiger partial charge in [0.2, 0.25) is 0 Å². The molecule has 22 heavy (non-hydrogen) atoms. The molecule has 2 aromatic carbocycles. The molecule has 0 aromatic heterocycles. The minimum atomic E-state index is -1.54. The summed E-state index contributed by atoms with van der Waals surface area (Å²) in [7, 11) is -1.54. The molecule has 0 saturated carbocycles. The predicted octanol–water partition coefficient (Wildman–Crippen LogP) is 5.85. The predicted molar refractivity (Wildman–Crippen MR) is 98.0 cm³/mol. The average molecular weight is 302 g/mol. The molecular weight excluding hydrogens is 280 g/mol. The maximum absolute atomic E-state index is 2.55. The van der Waals surface area contributed by atoms with Crippen molar-refractivity contribution in [3.8, 4) is 11.1 Å². The van der Waals surface area contributed by atoms with Gasteiger partial charge in [0, 0.05) is 5.54 Å². The Hall–Kier alpha value is -1.86. The van der Waals surface area contributed by atoms with Gasteiger partial charge in [0.15, 0.2) is 0 Å². The van der Waals surface area contributed by atoms with Gasteiger partial charge in [-0.05, 0) is 34.7 Å².